The molecule has 1 N–H and O–H groups in total. The Morgan fingerprint density at radius 2 is 1.81 bits per heavy atom. The van der Waals surface area contributed by atoms with E-state index in [0.29, 0.717) is 36.1 Å². The number of aromatic nitrogens is 4. The summed E-state index contributed by atoms with van der Waals surface area (Å²) in [6.07, 6.45) is 2.82. The van der Waals surface area contributed by atoms with Crippen molar-refractivity contribution >= 4 is 5.82 Å². The van der Waals surface area contributed by atoms with Crippen molar-refractivity contribution in [3.05, 3.63) is 94.8 Å². The van der Waals surface area contributed by atoms with Crippen molar-refractivity contribution in [2.75, 3.05) is 24.6 Å². The van der Waals surface area contributed by atoms with E-state index < -0.39 is 22.7 Å². The number of nitriles is 1. The maximum atomic E-state index is 14.0. The van der Waals surface area contributed by atoms with Crippen LogP contribution in [0.2, 0.25) is 0 Å². The third-order valence-electron chi connectivity index (χ3n) is 6.01. The second-order valence-corrected chi connectivity index (χ2v) is 8.51. The molecule has 3 heterocycles. The Morgan fingerprint density at radius 1 is 1.08 bits per heavy atom. The first-order valence-electron chi connectivity index (χ1n) is 11.0. The third kappa shape index (κ3) is 4.30. The highest BCUT2D eigenvalue weighted by molar-refractivity contribution is 5.49. The van der Waals surface area contributed by atoms with Crippen LogP contribution in [0.5, 0.6) is 11.5 Å². The predicted octanol–water partition coefficient (Wildman–Crippen LogP) is 2.87. The van der Waals surface area contributed by atoms with E-state index in [1.807, 2.05) is 4.90 Å². The lowest BCUT2D eigenvalue weighted by Crippen LogP contribution is -2.58. The molecule has 1 aliphatic rings. The Bertz CT molecular complexity index is 1480. The molecule has 36 heavy (non-hydrogen) atoms. The molecule has 11 heteroatoms. The fourth-order valence-electron chi connectivity index (χ4n) is 3.95. The van der Waals surface area contributed by atoms with Crippen LogP contribution in [0.25, 0.3) is 5.69 Å². The minimum Gasteiger partial charge on any atom is -0.457 e. The summed E-state index contributed by atoms with van der Waals surface area (Å²) in [6, 6.07) is 15.7. The van der Waals surface area contributed by atoms with Crippen LogP contribution in [0.3, 0.4) is 0 Å². The SMILES string of the molecule is N#CC1(CO)CN(c2cc(Oc3ccc(-n4ncn(Cc5c(F)cccc5F)c4=O)cc3)ccn2)C1. The molecule has 2 aromatic carbocycles. The van der Waals surface area contributed by atoms with Gasteiger partial charge in [-0.05, 0) is 42.5 Å². The van der Waals surface area contributed by atoms with E-state index in [-0.39, 0.29) is 18.7 Å². The highest BCUT2D eigenvalue weighted by Gasteiger charge is 2.43. The van der Waals surface area contributed by atoms with Gasteiger partial charge in [-0.3, -0.25) is 4.57 Å². The maximum Gasteiger partial charge on any atom is 0.350 e. The number of aliphatic hydroxyl groups is 1. The summed E-state index contributed by atoms with van der Waals surface area (Å²) in [5.74, 6) is 0.193. The lowest BCUT2D eigenvalue weighted by atomic mass is 9.82. The van der Waals surface area contributed by atoms with Gasteiger partial charge < -0.3 is 14.7 Å². The molecule has 182 valence electrons. The number of hydrogen-bond donors (Lipinski definition) is 1. The fourth-order valence-corrected chi connectivity index (χ4v) is 3.95. The Kier molecular flexibility index (Phi) is 5.95. The van der Waals surface area contributed by atoms with Gasteiger partial charge in [0.05, 0.1) is 24.9 Å². The number of anilines is 1. The molecule has 0 radical (unpaired) electrons. The standard InChI is InChI=1S/C25H20F2N6O3/c26-21-2-1-3-22(27)20(21)11-31-16-30-33(24(31)35)17-4-6-18(7-5-17)36-19-8-9-29-23(10-19)32-13-25(12-28,14-32)15-34/h1-10,16,34H,11,13-15H2. The lowest BCUT2D eigenvalue weighted by Gasteiger charge is -2.45. The van der Waals surface area contributed by atoms with Crippen LogP contribution in [0.1, 0.15) is 5.56 Å². The predicted molar refractivity (Wildman–Crippen MR) is 125 cm³/mol. The molecule has 0 bridgehead atoms. The van der Waals surface area contributed by atoms with Crippen LogP contribution >= 0.6 is 0 Å². The second-order valence-electron chi connectivity index (χ2n) is 8.51. The van der Waals surface area contributed by atoms with Crippen LogP contribution in [-0.2, 0) is 6.54 Å². The molecule has 1 aliphatic heterocycles. The number of nitrogens with zero attached hydrogens (tertiary/aromatic N) is 6. The van der Waals surface area contributed by atoms with Crippen LogP contribution in [0, 0.1) is 28.4 Å². The van der Waals surface area contributed by atoms with Gasteiger partial charge in [0.2, 0.25) is 0 Å². The number of pyridine rings is 1. The smallest absolute Gasteiger partial charge is 0.350 e. The monoisotopic (exact) mass is 490 g/mol. The Hall–Kier alpha value is -4.56. The third-order valence-corrected chi connectivity index (χ3v) is 6.01. The topological polar surface area (TPSA) is 109 Å². The number of ether oxygens (including phenoxy) is 1. The first kappa shape index (κ1) is 23.2. The molecular formula is C25H20F2N6O3. The summed E-state index contributed by atoms with van der Waals surface area (Å²) >= 11 is 0. The van der Waals surface area contributed by atoms with Crippen LogP contribution < -0.4 is 15.3 Å². The average Bonchev–Trinajstić information content (AvgIpc) is 3.22. The molecule has 4 aromatic rings. The largest absolute Gasteiger partial charge is 0.457 e. The van der Waals surface area contributed by atoms with E-state index in [0.717, 1.165) is 21.4 Å². The molecular weight excluding hydrogens is 470 g/mol. The zero-order chi connectivity index (χ0) is 25.3. The van der Waals surface area contributed by atoms with Crippen molar-refractivity contribution in [1.29, 1.82) is 5.26 Å². The summed E-state index contributed by atoms with van der Waals surface area (Å²) in [6.45, 7) is 0.282. The van der Waals surface area contributed by atoms with Gasteiger partial charge in [0.1, 0.15) is 40.7 Å². The molecule has 0 unspecified atom stereocenters. The Balaban J connectivity index is 1.29. The summed E-state index contributed by atoms with van der Waals surface area (Å²) in [4.78, 5) is 18.9. The Morgan fingerprint density at radius 3 is 2.47 bits per heavy atom. The maximum absolute atomic E-state index is 14.0. The zero-order valence-corrected chi connectivity index (χ0v) is 18.9. The van der Waals surface area contributed by atoms with E-state index >= 15 is 0 Å². The van der Waals surface area contributed by atoms with E-state index in [1.165, 1.54) is 12.4 Å². The Labute approximate surface area is 204 Å². The van der Waals surface area contributed by atoms with Crippen LogP contribution in [0.4, 0.5) is 14.6 Å². The summed E-state index contributed by atoms with van der Waals surface area (Å²) in [5.41, 5.74) is -1.07. The quantitative estimate of drug-likeness (QED) is 0.424. The molecule has 0 saturated carbocycles. The van der Waals surface area contributed by atoms with Crippen molar-refractivity contribution in [2.24, 2.45) is 5.41 Å². The first-order valence-corrected chi connectivity index (χ1v) is 11.0. The highest BCUT2D eigenvalue weighted by atomic mass is 19.1. The molecule has 9 nitrogen and oxygen atoms in total. The van der Waals surface area contributed by atoms with Crippen LogP contribution in [0.15, 0.2) is 71.9 Å². The lowest BCUT2D eigenvalue weighted by molar-refractivity contribution is 0.144. The van der Waals surface area contributed by atoms with Crippen molar-refractivity contribution < 1.29 is 18.6 Å². The van der Waals surface area contributed by atoms with Gasteiger partial charge in [0.15, 0.2) is 0 Å². The summed E-state index contributed by atoms with van der Waals surface area (Å²) < 4.78 is 36.1. The minimum atomic E-state index is -0.761. The number of rotatable bonds is 7. The fraction of sp³-hybridized carbons (Fsp3) is 0.200. The normalized spacial score (nSPS) is 14.2. The van der Waals surface area contributed by atoms with Crippen molar-refractivity contribution in [2.45, 2.75) is 6.54 Å². The number of aliphatic hydroxyl groups excluding tert-OH is 1. The molecule has 0 aliphatic carbocycles. The van der Waals surface area contributed by atoms with Gasteiger partial charge in [0.25, 0.3) is 0 Å². The highest BCUT2D eigenvalue weighted by Crippen LogP contribution is 2.34. The summed E-state index contributed by atoms with van der Waals surface area (Å²) in [5, 5.41) is 22.7. The van der Waals surface area contributed by atoms with Gasteiger partial charge in [-0.25, -0.2) is 18.6 Å². The zero-order valence-electron chi connectivity index (χ0n) is 18.9. The van der Waals surface area contributed by atoms with E-state index in [9.17, 15) is 23.9 Å². The number of hydrogen-bond acceptors (Lipinski definition) is 7. The molecule has 5 rings (SSSR count). The molecule has 0 spiro atoms. The van der Waals surface area contributed by atoms with Crippen LogP contribution in [-0.4, -0.2) is 44.1 Å². The van der Waals surface area contributed by atoms with Gasteiger partial charge in [-0.15, -0.1) is 0 Å². The summed E-state index contributed by atoms with van der Waals surface area (Å²) in [7, 11) is 0. The van der Waals surface area contributed by atoms with Gasteiger partial charge in [-0.1, -0.05) is 6.07 Å². The van der Waals surface area contributed by atoms with E-state index in [2.05, 4.69) is 16.2 Å². The van der Waals surface area contributed by atoms with Gasteiger partial charge in [-0.2, -0.15) is 15.0 Å². The molecule has 1 saturated heterocycles. The average molecular weight is 490 g/mol. The molecule has 0 amide bonds. The van der Waals surface area contributed by atoms with Crippen molar-refractivity contribution in [3.8, 4) is 23.3 Å². The molecule has 2 aromatic heterocycles. The molecule has 0 atom stereocenters. The van der Waals surface area contributed by atoms with Crippen molar-refractivity contribution in [1.82, 2.24) is 19.3 Å². The van der Waals surface area contributed by atoms with Gasteiger partial charge >= 0.3 is 5.69 Å². The number of benzene rings is 2. The molecule has 1 fully saturated rings. The van der Waals surface area contributed by atoms with Crippen molar-refractivity contribution in [3.63, 3.8) is 0 Å². The van der Waals surface area contributed by atoms with Gasteiger partial charge in [0, 0.05) is 30.9 Å². The van der Waals surface area contributed by atoms with E-state index in [4.69, 9.17) is 4.74 Å². The van der Waals surface area contributed by atoms with E-state index in [1.54, 1.807) is 42.6 Å². The number of halogens is 2. The second kappa shape index (κ2) is 9.24. The first-order chi connectivity index (χ1) is 17.4. The minimum absolute atomic E-state index is 0.204.